The van der Waals surface area contributed by atoms with Crippen molar-refractivity contribution in [2.24, 2.45) is 0 Å². The van der Waals surface area contributed by atoms with Crippen LogP contribution >= 0.6 is 0 Å². The van der Waals surface area contributed by atoms with Gasteiger partial charge < -0.3 is 5.32 Å². The maximum absolute atomic E-state index is 10.7. The molecule has 0 atom stereocenters. The molecular formula is C6H6N6O. The second kappa shape index (κ2) is 2.77. The number of anilines is 1. The molecular weight excluding hydrogens is 172 g/mol. The summed E-state index contributed by atoms with van der Waals surface area (Å²) in [6.07, 6.45) is 0. The summed E-state index contributed by atoms with van der Waals surface area (Å²) in [6.45, 7) is 1.41. The van der Waals surface area contributed by atoms with Crippen molar-refractivity contribution in [3.05, 3.63) is 12.1 Å². The minimum atomic E-state index is -0.181. The minimum absolute atomic E-state index is 0.181. The molecule has 0 aromatic carbocycles. The largest absolute Gasteiger partial charge is 0.309 e. The monoisotopic (exact) mass is 178 g/mol. The molecule has 0 fully saturated rings. The molecule has 13 heavy (non-hydrogen) atoms. The third-order valence-corrected chi connectivity index (χ3v) is 1.37. The molecule has 2 aromatic heterocycles. The Morgan fingerprint density at radius 2 is 2.38 bits per heavy atom. The number of amides is 1. The zero-order valence-electron chi connectivity index (χ0n) is 6.80. The van der Waals surface area contributed by atoms with Gasteiger partial charge in [0, 0.05) is 6.92 Å². The standard InChI is InChI=1S/C6H6N6O/c1-4(13)7-5-2-3-6-8-10-11-12(6)9-5/h2-3H,1H3,(H,7,9,13). The van der Waals surface area contributed by atoms with Crippen molar-refractivity contribution < 1.29 is 4.79 Å². The van der Waals surface area contributed by atoms with Gasteiger partial charge >= 0.3 is 0 Å². The summed E-state index contributed by atoms with van der Waals surface area (Å²) in [5.41, 5.74) is 0.536. The third-order valence-electron chi connectivity index (χ3n) is 1.37. The zero-order chi connectivity index (χ0) is 9.26. The molecule has 0 aliphatic carbocycles. The average Bonchev–Trinajstić information content (AvgIpc) is 2.49. The van der Waals surface area contributed by atoms with Crippen molar-refractivity contribution in [1.29, 1.82) is 0 Å². The highest BCUT2D eigenvalue weighted by Gasteiger charge is 2.00. The van der Waals surface area contributed by atoms with E-state index in [1.807, 2.05) is 0 Å². The maximum Gasteiger partial charge on any atom is 0.222 e. The second-order valence-electron chi connectivity index (χ2n) is 2.43. The van der Waals surface area contributed by atoms with Crippen LogP contribution < -0.4 is 5.32 Å². The van der Waals surface area contributed by atoms with E-state index in [9.17, 15) is 4.79 Å². The zero-order valence-corrected chi connectivity index (χ0v) is 6.80. The van der Waals surface area contributed by atoms with Crippen molar-refractivity contribution in [2.75, 3.05) is 5.32 Å². The predicted molar refractivity (Wildman–Crippen MR) is 42.9 cm³/mol. The number of nitrogens with one attached hydrogen (secondary N) is 1. The molecule has 1 amide bonds. The number of tetrazole rings is 1. The number of hydrogen-bond acceptors (Lipinski definition) is 5. The number of aromatic nitrogens is 5. The first-order chi connectivity index (χ1) is 6.25. The number of fused-ring (bicyclic) bond motifs is 1. The van der Waals surface area contributed by atoms with E-state index in [2.05, 4.69) is 25.9 Å². The Morgan fingerprint density at radius 3 is 3.15 bits per heavy atom. The van der Waals surface area contributed by atoms with Crippen LogP contribution in [0.1, 0.15) is 6.92 Å². The van der Waals surface area contributed by atoms with E-state index in [0.29, 0.717) is 11.5 Å². The van der Waals surface area contributed by atoms with E-state index in [1.165, 1.54) is 11.6 Å². The number of hydrogen-bond donors (Lipinski definition) is 1. The summed E-state index contributed by atoms with van der Waals surface area (Å²) in [7, 11) is 0. The van der Waals surface area contributed by atoms with Crippen LogP contribution in [0.25, 0.3) is 5.65 Å². The first kappa shape index (κ1) is 7.59. The molecule has 66 valence electrons. The molecule has 2 aromatic rings. The lowest BCUT2D eigenvalue weighted by Crippen LogP contribution is -2.09. The SMILES string of the molecule is CC(=O)Nc1ccc2nnnn2n1. The molecule has 0 aliphatic rings. The van der Waals surface area contributed by atoms with Gasteiger partial charge in [0.1, 0.15) is 0 Å². The number of rotatable bonds is 1. The molecule has 7 nitrogen and oxygen atoms in total. The highest BCUT2D eigenvalue weighted by atomic mass is 16.1. The fourth-order valence-corrected chi connectivity index (χ4v) is 0.897. The quantitative estimate of drug-likeness (QED) is 0.634. The van der Waals surface area contributed by atoms with Crippen molar-refractivity contribution in [3.8, 4) is 0 Å². The Bertz CT molecular complexity index is 449. The lowest BCUT2D eigenvalue weighted by Gasteiger charge is -1.98. The highest BCUT2D eigenvalue weighted by Crippen LogP contribution is 2.02. The van der Waals surface area contributed by atoms with Crippen LogP contribution in [0.3, 0.4) is 0 Å². The number of carbonyl (C=O) groups is 1. The van der Waals surface area contributed by atoms with E-state index in [0.717, 1.165) is 0 Å². The van der Waals surface area contributed by atoms with Crippen LogP contribution in [0.2, 0.25) is 0 Å². The molecule has 0 unspecified atom stereocenters. The van der Waals surface area contributed by atoms with Gasteiger partial charge in [-0.3, -0.25) is 4.79 Å². The van der Waals surface area contributed by atoms with Gasteiger partial charge in [0.05, 0.1) is 0 Å². The Morgan fingerprint density at radius 1 is 1.54 bits per heavy atom. The van der Waals surface area contributed by atoms with E-state index >= 15 is 0 Å². The fourth-order valence-electron chi connectivity index (χ4n) is 0.897. The summed E-state index contributed by atoms with van der Waals surface area (Å²) < 4.78 is 1.24. The normalized spacial score (nSPS) is 10.2. The molecule has 2 rings (SSSR count). The Kier molecular flexibility index (Phi) is 1.62. The van der Waals surface area contributed by atoms with Gasteiger partial charge in [0.25, 0.3) is 0 Å². The summed E-state index contributed by atoms with van der Waals surface area (Å²) in [5.74, 6) is 0.243. The molecule has 0 saturated carbocycles. The van der Waals surface area contributed by atoms with Gasteiger partial charge in [0.15, 0.2) is 11.5 Å². The van der Waals surface area contributed by atoms with Crippen LogP contribution in [-0.2, 0) is 4.79 Å². The molecule has 0 bridgehead atoms. The van der Waals surface area contributed by atoms with Crippen molar-refractivity contribution in [1.82, 2.24) is 25.3 Å². The summed E-state index contributed by atoms with van der Waals surface area (Å²) in [6, 6.07) is 3.30. The number of nitrogens with zero attached hydrogens (tertiary/aromatic N) is 5. The van der Waals surface area contributed by atoms with E-state index in [1.54, 1.807) is 12.1 Å². The predicted octanol–water partition coefficient (Wildman–Crippen LogP) is -0.522. The van der Waals surface area contributed by atoms with Crippen LogP contribution in [-0.4, -0.2) is 31.2 Å². The first-order valence-electron chi connectivity index (χ1n) is 3.59. The third kappa shape index (κ3) is 1.43. The lowest BCUT2D eigenvalue weighted by atomic mass is 10.5. The molecule has 0 aliphatic heterocycles. The molecule has 0 radical (unpaired) electrons. The van der Waals surface area contributed by atoms with Gasteiger partial charge in [-0.2, -0.15) is 0 Å². The molecule has 7 heteroatoms. The summed E-state index contributed by atoms with van der Waals surface area (Å²) in [4.78, 5) is 10.7. The summed E-state index contributed by atoms with van der Waals surface area (Å²) in [5, 5.41) is 17.1. The molecule has 1 N–H and O–H groups in total. The lowest BCUT2D eigenvalue weighted by molar-refractivity contribution is -0.114. The second-order valence-corrected chi connectivity index (χ2v) is 2.43. The minimum Gasteiger partial charge on any atom is -0.309 e. The highest BCUT2D eigenvalue weighted by molar-refractivity contribution is 5.87. The van der Waals surface area contributed by atoms with E-state index < -0.39 is 0 Å². The van der Waals surface area contributed by atoms with E-state index in [-0.39, 0.29) is 5.91 Å². The summed E-state index contributed by atoms with van der Waals surface area (Å²) >= 11 is 0. The van der Waals surface area contributed by atoms with Crippen molar-refractivity contribution in [2.45, 2.75) is 6.92 Å². The van der Waals surface area contributed by atoms with Crippen LogP contribution in [0, 0.1) is 0 Å². The Balaban J connectivity index is 2.42. The molecule has 0 saturated heterocycles. The molecule has 2 heterocycles. The first-order valence-corrected chi connectivity index (χ1v) is 3.59. The molecule has 0 spiro atoms. The maximum atomic E-state index is 10.7. The van der Waals surface area contributed by atoms with Crippen LogP contribution in [0.4, 0.5) is 5.82 Å². The fraction of sp³-hybridized carbons (Fsp3) is 0.167. The van der Waals surface area contributed by atoms with Gasteiger partial charge in [-0.1, -0.05) is 0 Å². The van der Waals surface area contributed by atoms with Gasteiger partial charge in [0.2, 0.25) is 5.91 Å². The Hall–Kier alpha value is -2.05. The average molecular weight is 178 g/mol. The number of carbonyl (C=O) groups excluding carboxylic acids is 1. The topological polar surface area (TPSA) is 85.1 Å². The van der Waals surface area contributed by atoms with Gasteiger partial charge in [-0.15, -0.1) is 14.8 Å². The van der Waals surface area contributed by atoms with E-state index in [4.69, 9.17) is 0 Å². The van der Waals surface area contributed by atoms with Crippen LogP contribution in [0.15, 0.2) is 12.1 Å². The van der Waals surface area contributed by atoms with Crippen molar-refractivity contribution in [3.63, 3.8) is 0 Å². The van der Waals surface area contributed by atoms with Crippen LogP contribution in [0.5, 0.6) is 0 Å². The van der Waals surface area contributed by atoms with Gasteiger partial charge in [-0.05, 0) is 22.6 Å². The van der Waals surface area contributed by atoms with Gasteiger partial charge in [-0.25, -0.2) is 0 Å². The Labute approximate surface area is 72.7 Å². The van der Waals surface area contributed by atoms with Crippen molar-refractivity contribution >= 4 is 17.4 Å². The smallest absolute Gasteiger partial charge is 0.222 e.